The molecule has 22 heavy (non-hydrogen) atoms. The van der Waals surface area contributed by atoms with Crippen molar-refractivity contribution in [2.45, 2.75) is 19.6 Å². The Morgan fingerprint density at radius 1 is 1.36 bits per heavy atom. The van der Waals surface area contributed by atoms with Gasteiger partial charge in [0.05, 0.1) is 6.61 Å². The van der Waals surface area contributed by atoms with Crippen LogP contribution in [0.25, 0.3) is 0 Å². The van der Waals surface area contributed by atoms with E-state index in [1.807, 2.05) is 0 Å². The molecule has 118 valence electrons. The third kappa shape index (κ3) is 4.51. The van der Waals surface area contributed by atoms with E-state index in [0.29, 0.717) is 11.3 Å². The Bertz CT molecular complexity index is 653. The van der Waals surface area contributed by atoms with E-state index in [0.717, 1.165) is 0 Å². The maximum Gasteiger partial charge on any atom is 0.482 e. The minimum absolute atomic E-state index is 0.0291. The van der Waals surface area contributed by atoms with Crippen molar-refractivity contribution < 1.29 is 27.2 Å². The van der Waals surface area contributed by atoms with Gasteiger partial charge < -0.3 is 9.26 Å². The van der Waals surface area contributed by atoms with Gasteiger partial charge in [-0.25, -0.2) is 4.79 Å². The Morgan fingerprint density at radius 3 is 2.82 bits per heavy atom. The van der Waals surface area contributed by atoms with Gasteiger partial charge in [0.25, 0.3) is 0 Å². The fraction of sp³-hybridized carbons (Fsp3) is 0.286. The summed E-state index contributed by atoms with van der Waals surface area (Å²) in [4.78, 5) is 11.4. The first-order valence-electron chi connectivity index (χ1n) is 6.44. The predicted molar refractivity (Wildman–Crippen MR) is 71.4 cm³/mol. The van der Waals surface area contributed by atoms with Gasteiger partial charge in [0.15, 0.2) is 5.69 Å². The average molecular weight is 314 g/mol. The number of esters is 1. The van der Waals surface area contributed by atoms with Gasteiger partial charge in [0.1, 0.15) is 5.76 Å². The molecule has 0 atom stereocenters. The lowest BCUT2D eigenvalue weighted by Gasteiger charge is -2.10. The standard InChI is InChI=1S/C14H13F3N2O3/c1-2-21-13(20)12-8-11(22-19-12)7-9-4-3-5-10(6-9)18-14(15,16)17/h3-6,8,18H,2,7H2,1H3. The van der Waals surface area contributed by atoms with Crippen molar-refractivity contribution in [3.63, 3.8) is 0 Å². The second kappa shape index (κ2) is 6.50. The maximum absolute atomic E-state index is 12.3. The number of benzene rings is 1. The Balaban J connectivity index is 2.08. The molecule has 2 rings (SSSR count). The maximum atomic E-state index is 12.3. The van der Waals surface area contributed by atoms with Gasteiger partial charge >= 0.3 is 12.3 Å². The van der Waals surface area contributed by atoms with E-state index < -0.39 is 12.3 Å². The number of aromatic nitrogens is 1. The second-order valence-electron chi connectivity index (χ2n) is 4.40. The molecule has 0 bridgehead atoms. The number of carbonyl (C=O) groups excluding carboxylic acids is 1. The summed E-state index contributed by atoms with van der Waals surface area (Å²) >= 11 is 0. The van der Waals surface area contributed by atoms with Crippen LogP contribution >= 0.6 is 0 Å². The molecule has 0 aliphatic carbocycles. The number of hydrogen-bond donors (Lipinski definition) is 1. The molecule has 1 aromatic carbocycles. The quantitative estimate of drug-likeness (QED) is 0.677. The van der Waals surface area contributed by atoms with Crippen LogP contribution in [0.4, 0.5) is 18.9 Å². The highest BCUT2D eigenvalue weighted by molar-refractivity contribution is 5.87. The van der Waals surface area contributed by atoms with Crippen molar-refractivity contribution in [1.82, 2.24) is 5.16 Å². The molecule has 0 spiro atoms. The number of hydrogen-bond acceptors (Lipinski definition) is 5. The van der Waals surface area contributed by atoms with Gasteiger partial charge in [-0.15, -0.1) is 0 Å². The molecule has 5 nitrogen and oxygen atoms in total. The van der Waals surface area contributed by atoms with E-state index in [1.165, 1.54) is 29.6 Å². The summed E-state index contributed by atoms with van der Waals surface area (Å²) in [5.41, 5.74) is 0.539. The van der Waals surface area contributed by atoms with Crippen LogP contribution in [-0.4, -0.2) is 24.0 Å². The van der Waals surface area contributed by atoms with E-state index >= 15 is 0 Å². The first-order valence-corrected chi connectivity index (χ1v) is 6.44. The number of ether oxygens (including phenoxy) is 1. The molecule has 0 amide bonds. The summed E-state index contributed by atoms with van der Waals surface area (Å²) in [6.07, 6.45) is -4.29. The summed E-state index contributed by atoms with van der Waals surface area (Å²) in [6.45, 7) is 1.88. The lowest BCUT2D eigenvalue weighted by atomic mass is 10.1. The Hall–Kier alpha value is -2.51. The molecule has 0 radical (unpaired) electrons. The van der Waals surface area contributed by atoms with E-state index in [9.17, 15) is 18.0 Å². The second-order valence-corrected chi connectivity index (χ2v) is 4.40. The van der Waals surface area contributed by atoms with Gasteiger partial charge in [-0.2, -0.15) is 13.2 Å². The lowest BCUT2D eigenvalue weighted by molar-refractivity contribution is -0.0999. The molecule has 8 heteroatoms. The number of halogens is 3. The summed E-state index contributed by atoms with van der Waals surface area (Å²) in [5.74, 6) is -0.253. The molecule has 0 aliphatic rings. The SMILES string of the molecule is CCOC(=O)c1cc(Cc2cccc(NC(F)(F)F)c2)on1. The number of nitrogens with one attached hydrogen (secondary N) is 1. The monoisotopic (exact) mass is 314 g/mol. The lowest BCUT2D eigenvalue weighted by Crippen LogP contribution is -2.20. The average Bonchev–Trinajstić information content (AvgIpc) is 2.86. The van der Waals surface area contributed by atoms with Crippen molar-refractivity contribution in [1.29, 1.82) is 0 Å². The van der Waals surface area contributed by atoms with Crippen molar-refractivity contribution >= 4 is 11.7 Å². The molecular weight excluding hydrogens is 301 g/mol. The Labute approximate surface area is 124 Å². The van der Waals surface area contributed by atoms with Gasteiger partial charge in [-0.3, -0.25) is 5.32 Å². The van der Waals surface area contributed by atoms with Crippen LogP contribution < -0.4 is 5.32 Å². The Kier molecular flexibility index (Phi) is 4.69. The highest BCUT2D eigenvalue weighted by atomic mass is 19.4. The zero-order valence-electron chi connectivity index (χ0n) is 11.6. The number of alkyl halides is 3. The van der Waals surface area contributed by atoms with Crippen LogP contribution in [0.3, 0.4) is 0 Å². The molecule has 0 unspecified atom stereocenters. The molecule has 0 aliphatic heterocycles. The molecule has 2 aromatic rings. The third-order valence-electron chi connectivity index (χ3n) is 2.63. The Morgan fingerprint density at radius 2 is 2.14 bits per heavy atom. The van der Waals surface area contributed by atoms with Crippen molar-refractivity contribution in [2.75, 3.05) is 11.9 Å². The van der Waals surface area contributed by atoms with Gasteiger partial charge in [-0.1, -0.05) is 17.3 Å². The zero-order valence-corrected chi connectivity index (χ0v) is 11.6. The summed E-state index contributed by atoms with van der Waals surface area (Å²) < 4.78 is 46.6. The molecule has 1 aromatic heterocycles. The van der Waals surface area contributed by atoms with Crippen LogP contribution in [0.1, 0.15) is 28.7 Å². The summed E-state index contributed by atoms with van der Waals surface area (Å²) in [5, 5.41) is 4.99. The number of rotatable bonds is 5. The summed E-state index contributed by atoms with van der Waals surface area (Å²) in [7, 11) is 0. The van der Waals surface area contributed by atoms with Gasteiger partial charge in [0.2, 0.25) is 0 Å². The van der Waals surface area contributed by atoms with Crippen LogP contribution in [0.2, 0.25) is 0 Å². The van der Waals surface area contributed by atoms with E-state index in [-0.39, 0.29) is 24.4 Å². The van der Waals surface area contributed by atoms with Crippen molar-refractivity contribution in [3.05, 3.63) is 47.3 Å². The zero-order chi connectivity index (χ0) is 16.2. The van der Waals surface area contributed by atoms with Gasteiger partial charge in [0, 0.05) is 18.2 Å². The van der Waals surface area contributed by atoms with Crippen molar-refractivity contribution in [2.24, 2.45) is 0 Å². The van der Waals surface area contributed by atoms with Crippen molar-refractivity contribution in [3.8, 4) is 0 Å². The third-order valence-corrected chi connectivity index (χ3v) is 2.63. The summed E-state index contributed by atoms with van der Waals surface area (Å²) in [6, 6.07) is 7.20. The van der Waals surface area contributed by atoms with Crippen LogP contribution in [0.15, 0.2) is 34.9 Å². The fourth-order valence-electron chi connectivity index (χ4n) is 1.82. The normalized spacial score (nSPS) is 11.3. The fourth-order valence-corrected chi connectivity index (χ4v) is 1.82. The molecule has 0 fully saturated rings. The smallest absolute Gasteiger partial charge is 0.461 e. The topological polar surface area (TPSA) is 64.4 Å². The molecule has 1 heterocycles. The largest absolute Gasteiger partial charge is 0.482 e. The predicted octanol–water partition coefficient (Wildman–Crippen LogP) is 3.37. The highest BCUT2D eigenvalue weighted by Crippen LogP contribution is 2.21. The van der Waals surface area contributed by atoms with Crippen LogP contribution in [0, 0.1) is 0 Å². The molecular formula is C14H13F3N2O3. The van der Waals surface area contributed by atoms with E-state index in [4.69, 9.17) is 9.26 Å². The number of nitrogens with zero attached hydrogens (tertiary/aromatic N) is 1. The molecule has 0 saturated heterocycles. The van der Waals surface area contributed by atoms with E-state index in [1.54, 1.807) is 13.0 Å². The van der Waals surface area contributed by atoms with E-state index in [2.05, 4.69) is 5.16 Å². The highest BCUT2D eigenvalue weighted by Gasteiger charge is 2.27. The minimum Gasteiger partial charge on any atom is -0.461 e. The number of carbonyl (C=O) groups is 1. The first-order chi connectivity index (χ1) is 10.4. The molecule has 0 saturated carbocycles. The van der Waals surface area contributed by atoms with Crippen LogP contribution in [-0.2, 0) is 11.2 Å². The van der Waals surface area contributed by atoms with Crippen LogP contribution in [0.5, 0.6) is 0 Å². The van der Waals surface area contributed by atoms with Gasteiger partial charge in [-0.05, 0) is 24.6 Å². The number of anilines is 1. The minimum atomic E-state index is -4.50. The molecule has 1 N–H and O–H groups in total. The first kappa shape index (κ1) is 15.9.